The molecule has 3 aliphatic heterocycles. The number of aliphatic hydroxyl groups is 9. The average Bonchev–Trinajstić information content (AvgIpc) is 2.74. The topological polar surface area (TPSA) is 228 Å². The van der Waals surface area contributed by atoms with Gasteiger partial charge in [0.15, 0.2) is 18.9 Å². The van der Waals surface area contributed by atoms with Crippen molar-refractivity contribution in [3.05, 3.63) is 0 Å². The number of rotatable bonds is 5. The largest absolute Gasteiger partial charge is 0.394 e. The molecule has 0 aromatic rings. The lowest BCUT2D eigenvalue weighted by Gasteiger charge is -2.47. The zero-order valence-corrected chi connectivity index (χ0v) is 16.6. The van der Waals surface area contributed by atoms with E-state index in [9.17, 15) is 46.0 Å². The van der Waals surface area contributed by atoms with Crippen LogP contribution in [0, 0.1) is 0 Å². The van der Waals surface area contributed by atoms with Crippen LogP contribution in [0.1, 0.15) is 6.92 Å². The Balaban J connectivity index is 1.80. The Labute approximate surface area is 176 Å². The van der Waals surface area contributed by atoms with Gasteiger partial charge in [-0.3, -0.25) is 0 Å². The first-order chi connectivity index (χ1) is 14.6. The van der Waals surface area contributed by atoms with E-state index < -0.39 is 92.6 Å². The Hall–Kier alpha value is -0.560. The van der Waals surface area contributed by atoms with Gasteiger partial charge in [0.25, 0.3) is 0 Å². The monoisotopic (exact) mass is 458 g/mol. The quantitative estimate of drug-likeness (QED) is 0.187. The van der Waals surface area contributed by atoms with Crippen molar-refractivity contribution in [3.63, 3.8) is 0 Å². The highest BCUT2D eigenvalue weighted by Crippen LogP contribution is 2.31. The smallest absolute Gasteiger partial charge is 0.187 e. The van der Waals surface area contributed by atoms with E-state index in [0.29, 0.717) is 0 Å². The molecule has 3 fully saturated rings. The molecule has 31 heavy (non-hydrogen) atoms. The average molecular weight is 458 g/mol. The summed E-state index contributed by atoms with van der Waals surface area (Å²) in [6.07, 6.45) is -21.7. The first kappa shape index (κ1) is 25.1. The van der Waals surface area contributed by atoms with Gasteiger partial charge in [0.05, 0.1) is 19.3 Å². The van der Waals surface area contributed by atoms with Crippen molar-refractivity contribution in [2.45, 2.75) is 92.9 Å². The number of aliphatic hydroxyl groups excluding tert-OH is 9. The number of ether oxygens (including phenoxy) is 5. The van der Waals surface area contributed by atoms with Crippen molar-refractivity contribution in [2.24, 2.45) is 0 Å². The maximum Gasteiger partial charge on any atom is 0.187 e. The number of hydrogen-bond donors (Lipinski definition) is 9. The molecule has 3 rings (SSSR count). The molecular weight excluding hydrogens is 428 g/mol. The highest BCUT2D eigenvalue weighted by Gasteiger charge is 2.52. The van der Waals surface area contributed by atoms with Gasteiger partial charge in [-0.05, 0) is 6.92 Å². The van der Waals surface area contributed by atoms with Crippen LogP contribution >= 0.6 is 0 Å². The third-order valence-corrected chi connectivity index (χ3v) is 5.67. The second-order valence-corrected chi connectivity index (χ2v) is 7.87. The SMILES string of the molecule is C[C@@H]1O[C@@H](O[C@H]2[C@H](O[C@H]3C(O)OC[C@@H](O)[C@@H]3O)O[C@H](CO)[C@H](O)[C@@H]2O)[C@@H](O)[C@H](O)[C@@H]1O. The van der Waals surface area contributed by atoms with Gasteiger partial charge < -0.3 is 69.6 Å². The summed E-state index contributed by atoms with van der Waals surface area (Å²) in [4.78, 5) is 0. The maximum atomic E-state index is 10.5. The minimum absolute atomic E-state index is 0.367. The predicted octanol–water partition coefficient (Wildman–Crippen LogP) is -5.91. The van der Waals surface area contributed by atoms with E-state index in [1.807, 2.05) is 0 Å². The molecule has 0 spiro atoms. The minimum Gasteiger partial charge on any atom is -0.394 e. The summed E-state index contributed by atoms with van der Waals surface area (Å²) in [6.45, 7) is 0.306. The third-order valence-electron chi connectivity index (χ3n) is 5.67. The standard InChI is InChI=1S/C17H30O14/c1-4-7(20)10(23)12(25)16(28-4)31-14-11(24)9(22)6(2-18)29-17(14)30-13-8(21)5(19)3-27-15(13)26/h4-26H,2-3H2,1H3/t4-,5+,6+,7+,8-,9-,10+,11-,12-,13+,14+,15?,16-,17-/m0/s1. The molecule has 3 heterocycles. The van der Waals surface area contributed by atoms with Gasteiger partial charge in [-0.15, -0.1) is 0 Å². The molecule has 9 N–H and O–H groups in total. The lowest BCUT2D eigenvalue weighted by Crippen LogP contribution is -2.65. The normalized spacial score (nSPS) is 54.0. The van der Waals surface area contributed by atoms with Crippen LogP contribution < -0.4 is 0 Å². The van der Waals surface area contributed by atoms with E-state index in [0.717, 1.165) is 0 Å². The van der Waals surface area contributed by atoms with E-state index in [2.05, 4.69) is 0 Å². The van der Waals surface area contributed by atoms with Gasteiger partial charge in [-0.2, -0.15) is 0 Å². The van der Waals surface area contributed by atoms with Gasteiger partial charge in [0.2, 0.25) is 0 Å². The van der Waals surface area contributed by atoms with Crippen LogP contribution in [0.4, 0.5) is 0 Å². The van der Waals surface area contributed by atoms with Crippen molar-refractivity contribution < 1.29 is 69.6 Å². The molecule has 3 aliphatic rings. The second kappa shape index (κ2) is 10.1. The van der Waals surface area contributed by atoms with Crippen LogP contribution in [-0.4, -0.2) is 145 Å². The summed E-state index contributed by atoms with van der Waals surface area (Å²) in [5, 5.41) is 89.9. The van der Waals surface area contributed by atoms with Gasteiger partial charge >= 0.3 is 0 Å². The molecule has 14 heteroatoms. The van der Waals surface area contributed by atoms with E-state index in [4.69, 9.17) is 23.7 Å². The Bertz CT molecular complexity index is 581. The van der Waals surface area contributed by atoms with E-state index >= 15 is 0 Å². The molecule has 182 valence electrons. The fourth-order valence-corrected chi connectivity index (χ4v) is 3.67. The minimum atomic E-state index is -1.77. The second-order valence-electron chi connectivity index (χ2n) is 7.87. The Morgan fingerprint density at radius 3 is 2.00 bits per heavy atom. The molecule has 0 aromatic carbocycles. The predicted molar refractivity (Wildman–Crippen MR) is 93.8 cm³/mol. The lowest BCUT2D eigenvalue weighted by molar-refractivity contribution is -0.385. The molecule has 0 saturated carbocycles. The molecular formula is C17H30O14. The molecule has 3 saturated heterocycles. The number of hydrogen-bond acceptors (Lipinski definition) is 14. The first-order valence-electron chi connectivity index (χ1n) is 9.85. The van der Waals surface area contributed by atoms with Crippen LogP contribution in [0.3, 0.4) is 0 Å². The van der Waals surface area contributed by atoms with E-state index in [-0.39, 0.29) is 6.61 Å². The third kappa shape index (κ3) is 5.02. The highest BCUT2D eigenvalue weighted by atomic mass is 16.8. The molecule has 14 nitrogen and oxygen atoms in total. The Morgan fingerprint density at radius 2 is 1.35 bits per heavy atom. The molecule has 0 bridgehead atoms. The summed E-state index contributed by atoms with van der Waals surface area (Å²) >= 11 is 0. The Morgan fingerprint density at radius 1 is 0.710 bits per heavy atom. The molecule has 0 amide bonds. The van der Waals surface area contributed by atoms with Gasteiger partial charge in [0.1, 0.15) is 61.0 Å². The van der Waals surface area contributed by atoms with Crippen LogP contribution in [0.2, 0.25) is 0 Å². The van der Waals surface area contributed by atoms with Gasteiger partial charge in [-0.25, -0.2) is 0 Å². The molecule has 0 aliphatic carbocycles. The van der Waals surface area contributed by atoms with Crippen LogP contribution in [0.25, 0.3) is 0 Å². The molecule has 14 atom stereocenters. The summed E-state index contributed by atoms with van der Waals surface area (Å²) in [6, 6.07) is 0. The van der Waals surface area contributed by atoms with Crippen molar-refractivity contribution in [3.8, 4) is 0 Å². The summed E-state index contributed by atoms with van der Waals surface area (Å²) < 4.78 is 26.6. The van der Waals surface area contributed by atoms with Crippen molar-refractivity contribution in [1.82, 2.24) is 0 Å². The maximum absolute atomic E-state index is 10.5. The fourth-order valence-electron chi connectivity index (χ4n) is 3.67. The molecule has 0 aromatic heterocycles. The van der Waals surface area contributed by atoms with Crippen molar-refractivity contribution in [1.29, 1.82) is 0 Å². The van der Waals surface area contributed by atoms with E-state index in [1.54, 1.807) is 0 Å². The van der Waals surface area contributed by atoms with Crippen molar-refractivity contribution in [2.75, 3.05) is 13.2 Å². The van der Waals surface area contributed by atoms with Crippen molar-refractivity contribution >= 4 is 0 Å². The zero-order chi connectivity index (χ0) is 23.0. The van der Waals surface area contributed by atoms with Gasteiger partial charge in [0, 0.05) is 0 Å². The fraction of sp³-hybridized carbons (Fsp3) is 1.00. The molecule has 1 unspecified atom stereocenters. The van der Waals surface area contributed by atoms with Crippen LogP contribution in [0.5, 0.6) is 0 Å². The highest BCUT2D eigenvalue weighted by molar-refractivity contribution is 4.94. The summed E-state index contributed by atoms with van der Waals surface area (Å²) in [7, 11) is 0. The molecule has 0 radical (unpaired) electrons. The van der Waals surface area contributed by atoms with Gasteiger partial charge in [-0.1, -0.05) is 0 Å². The summed E-state index contributed by atoms with van der Waals surface area (Å²) in [5.74, 6) is 0. The summed E-state index contributed by atoms with van der Waals surface area (Å²) in [5.41, 5.74) is 0. The Kier molecular flexibility index (Phi) is 8.21. The lowest BCUT2D eigenvalue weighted by atomic mass is 9.97. The van der Waals surface area contributed by atoms with Crippen LogP contribution in [0.15, 0.2) is 0 Å². The van der Waals surface area contributed by atoms with Crippen LogP contribution in [-0.2, 0) is 23.7 Å². The zero-order valence-electron chi connectivity index (χ0n) is 16.6. The van der Waals surface area contributed by atoms with E-state index in [1.165, 1.54) is 6.92 Å². The first-order valence-corrected chi connectivity index (χ1v) is 9.85.